The third-order valence-corrected chi connectivity index (χ3v) is 6.53. The molecule has 33 heavy (non-hydrogen) atoms. The van der Waals surface area contributed by atoms with Gasteiger partial charge in [0.15, 0.2) is 5.82 Å². The predicted octanol–water partition coefficient (Wildman–Crippen LogP) is 6.58. The highest BCUT2D eigenvalue weighted by Gasteiger charge is 2.13. The number of hydrogen-bond donors (Lipinski definition) is 1. The highest BCUT2D eigenvalue weighted by molar-refractivity contribution is 7.17. The van der Waals surface area contributed by atoms with Gasteiger partial charge in [-0.05, 0) is 53.4 Å². The second kappa shape index (κ2) is 8.41. The molecular formula is C27H19N5S. The average molecular weight is 446 g/mol. The normalized spacial score (nSPS) is 11.2. The van der Waals surface area contributed by atoms with Crippen molar-refractivity contribution in [3.05, 3.63) is 102 Å². The fourth-order valence-corrected chi connectivity index (χ4v) is 4.90. The van der Waals surface area contributed by atoms with E-state index in [9.17, 15) is 0 Å². The number of aromatic nitrogens is 4. The van der Waals surface area contributed by atoms with Gasteiger partial charge in [0.2, 0.25) is 0 Å². The molecule has 158 valence electrons. The fraction of sp³-hybridized carbons (Fsp3) is 0.0370. The lowest BCUT2D eigenvalue weighted by Gasteiger charge is -2.12. The molecule has 0 radical (unpaired) electrons. The summed E-state index contributed by atoms with van der Waals surface area (Å²) in [6, 6.07) is 24.7. The van der Waals surface area contributed by atoms with E-state index in [0.29, 0.717) is 12.4 Å². The monoisotopic (exact) mass is 445 g/mol. The Morgan fingerprint density at radius 3 is 2.61 bits per heavy atom. The van der Waals surface area contributed by atoms with Crippen LogP contribution in [-0.4, -0.2) is 19.9 Å². The van der Waals surface area contributed by atoms with E-state index in [1.807, 2.05) is 30.3 Å². The largest absolute Gasteiger partial charge is 0.364 e. The Kier molecular flexibility index (Phi) is 4.97. The maximum absolute atomic E-state index is 4.88. The Morgan fingerprint density at radius 1 is 0.788 bits per heavy atom. The molecule has 0 saturated heterocycles. The van der Waals surface area contributed by atoms with Gasteiger partial charge in [0.05, 0.1) is 17.8 Å². The van der Waals surface area contributed by atoms with Crippen molar-refractivity contribution in [3.63, 3.8) is 0 Å². The van der Waals surface area contributed by atoms with Crippen LogP contribution < -0.4 is 5.32 Å². The van der Waals surface area contributed by atoms with E-state index in [1.54, 1.807) is 29.9 Å². The van der Waals surface area contributed by atoms with Gasteiger partial charge in [0.1, 0.15) is 5.82 Å². The molecule has 0 aliphatic heterocycles. The Hall–Kier alpha value is -4.16. The van der Waals surface area contributed by atoms with Crippen LogP contribution in [0.4, 0.5) is 5.82 Å². The highest BCUT2D eigenvalue weighted by atomic mass is 32.1. The molecule has 0 atom stereocenters. The van der Waals surface area contributed by atoms with E-state index in [2.05, 4.69) is 63.1 Å². The number of benzene rings is 2. The summed E-state index contributed by atoms with van der Waals surface area (Å²) < 4.78 is 1.28. The van der Waals surface area contributed by atoms with Gasteiger partial charge >= 0.3 is 0 Å². The predicted molar refractivity (Wildman–Crippen MR) is 135 cm³/mol. The van der Waals surface area contributed by atoms with Crippen LogP contribution in [0, 0.1) is 0 Å². The SMILES string of the molecule is c1ccc(CNc2nc(-c3cccnc3)nc3ccc(-c4csc5ccccc45)cc23)nc1. The van der Waals surface area contributed by atoms with Crippen molar-refractivity contribution < 1.29 is 0 Å². The number of thiophene rings is 1. The molecule has 0 aliphatic carbocycles. The first-order valence-corrected chi connectivity index (χ1v) is 11.6. The molecule has 0 saturated carbocycles. The fourth-order valence-electron chi connectivity index (χ4n) is 3.93. The molecule has 2 aromatic carbocycles. The molecule has 6 rings (SSSR count). The van der Waals surface area contributed by atoms with E-state index in [-0.39, 0.29) is 0 Å². The molecule has 0 unspecified atom stereocenters. The average Bonchev–Trinajstić information content (AvgIpc) is 3.32. The molecular weight excluding hydrogens is 426 g/mol. The zero-order valence-corrected chi connectivity index (χ0v) is 18.5. The smallest absolute Gasteiger partial charge is 0.163 e. The summed E-state index contributed by atoms with van der Waals surface area (Å²) in [6.07, 6.45) is 5.34. The minimum atomic E-state index is 0.574. The summed E-state index contributed by atoms with van der Waals surface area (Å²) in [7, 11) is 0. The molecule has 0 spiro atoms. The topological polar surface area (TPSA) is 63.6 Å². The van der Waals surface area contributed by atoms with Crippen LogP contribution >= 0.6 is 11.3 Å². The van der Waals surface area contributed by atoms with Gasteiger partial charge in [0, 0.05) is 45.2 Å². The number of rotatable bonds is 5. The first kappa shape index (κ1) is 19.5. The molecule has 6 aromatic rings. The minimum absolute atomic E-state index is 0.574. The number of pyridine rings is 2. The maximum atomic E-state index is 4.88. The van der Waals surface area contributed by atoms with Gasteiger partial charge < -0.3 is 5.32 Å². The van der Waals surface area contributed by atoms with Gasteiger partial charge in [-0.25, -0.2) is 9.97 Å². The number of nitrogens with zero attached hydrogens (tertiary/aromatic N) is 4. The Morgan fingerprint density at radius 2 is 1.73 bits per heavy atom. The Bertz CT molecular complexity index is 1560. The molecule has 1 N–H and O–H groups in total. The van der Waals surface area contributed by atoms with Crippen LogP contribution in [0.15, 0.2) is 96.8 Å². The quantitative estimate of drug-likeness (QED) is 0.325. The molecule has 4 heterocycles. The van der Waals surface area contributed by atoms with Gasteiger partial charge in [-0.1, -0.05) is 30.3 Å². The minimum Gasteiger partial charge on any atom is -0.364 e. The molecule has 0 aliphatic rings. The van der Waals surface area contributed by atoms with Crippen molar-refractivity contribution >= 4 is 38.1 Å². The van der Waals surface area contributed by atoms with Gasteiger partial charge in [-0.15, -0.1) is 11.3 Å². The standard InChI is InChI=1S/C27H19N5S/c1-2-9-25-21(8-1)23(17-33-25)18-10-11-24-22(14-18)27(30-16-20-7-3-4-13-29-20)32-26(31-24)19-6-5-12-28-15-19/h1-15,17H,16H2,(H,30,31,32). The summed E-state index contributed by atoms with van der Waals surface area (Å²) in [4.78, 5) is 18.4. The van der Waals surface area contributed by atoms with Crippen molar-refractivity contribution in [1.29, 1.82) is 0 Å². The third kappa shape index (κ3) is 3.81. The highest BCUT2D eigenvalue weighted by Crippen LogP contribution is 2.36. The number of hydrogen-bond acceptors (Lipinski definition) is 6. The van der Waals surface area contributed by atoms with E-state index >= 15 is 0 Å². The van der Waals surface area contributed by atoms with Crippen molar-refractivity contribution in [3.8, 4) is 22.5 Å². The van der Waals surface area contributed by atoms with Crippen molar-refractivity contribution in [1.82, 2.24) is 19.9 Å². The van der Waals surface area contributed by atoms with Crippen molar-refractivity contribution in [2.75, 3.05) is 5.32 Å². The van der Waals surface area contributed by atoms with Crippen LogP contribution in [0.5, 0.6) is 0 Å². The lowest BCUT2D eigenvalue weighted by atomic mass is 10.0. The van der Waals surface area contributed by atoms with Crippen molar-refractivity contribution in [2.24, 2.45) is 0 Å². The van der Waals surface area contributed by atoms with Crippen LogP contribution in [0.1, 0.15) is 5.69 Å². The lowest BCUT2D eigenvalue weighted by Crippen LogP contribution is -2.05. The zero-order chi connectivity index (χ0) is 22.0. The Labute approximate surface area is 194 Å². The van der Waals surface area contributed by atoms with Crippen LogP contribution in [0.25, 0.3) is 43.5 Å². The first-order valence-electron chi connectivity index (χ1n) is 10.7. The molecule has 5 nitrogen and oxygen atoms in total. The molecule has 4 aromatic heterocycles. The molecule has 0 fully saturated rings. The molecule has 0 bridgehead atoms. The second-order valence-electron chi connectivity index (χ2n) is 7.69. The van der Waals surface area contributed by atoms with E-state index in [0.717, 1.165) is 33.5 Å². The van der Waals surface area contributed by atoms with Crippen LogP contribution in [0.3, 0.4) is 0 Å². The summed E-state index contributed by atoms with van der Waals surface area (Å²) in [6.45, 7) is 0.574. The van der Waals surface area contributed by atoms with Gasteiger partial charge in [-0.3, -0.25) is 9.97 Å². The van der Waals surface area contributed by atoms with E-state index in [1.165, 1.54) is 15.6 Å². The van der Waals surface area contributed by atoms with E-state index < -0.39 is 0 Å². The lowest BCUT2D eigenvalue weighted by molar-refractivity contribution is 1.03. The summed E-state index contributed by atoms with van der Waals surface area (Å²) in [5, 5.41) is 7.95. The maximum Gasteiger partial charge on any atom is 0.163 e. The zero-order valence-electron chi connectivity index (χ0n) is 17.6. The van der Waals surface area contributed by atoms with Crippen molar-refractivity contribution in [2.45, 2.75) is 6.54 Å². The molecule has 0 amide bonds. The summed E-state index contributed by atoms with van der Waals surface area (Å²) in [5.74, 6) is 1.43. The number of fused-ring (bicyclic) bond motifs is 2. The van der Waals surface area contributed by atoms with Crippen LogP contribution in [-0.2, 0) is 6.54 Å². The number of anilines is 1. The van der Waals surface area contributed by atoms with Crippen LogP contribution in [0.2, 0.25) is 0 Å². The first-order chi connectivity index (χ1) is 16.3. The summed E-state index contributed by atoms with van der Waals surface area (Å²) >= 11 is 1.76. The van der Waals surface area contributed by atoms with Gasteiger partial charge in [0.25, 0.3) is 0 Å². The number of nitrogens with one attached hydrogen (secondary N) is 1. The van der Waals surface area contributed by atoms with Gasteiger partial charge in [-0.2, -0.15) is 0 Å². The second-order valence-corrected chi connectivity index (χ2v) is 8.60. The third-order valence-electron chi connectivity index (χ3n) is 5.57. The van der Waals surface area contributed by atoms with E-state index in [4.69, 9.17) is 9.97 Å². The molecule has 6 heteroatoms. The summed E-state index contributed by atoms with van der Waals surface area (Å²) in [5.41, 5.74) is 5.10. The Balaban J connectivity index is 1.49.